The number of amides is 1. The molecule has 1 atom stereocenters. The van der Waals surface area contributed by atoms with Crippen LogP contribution in [-0.4, -0.2) is 41.5 Å². The highest BCUT2D eigenvalue weighted by Gasteiger charge is 2.46. The minimum absolute atomic E-state index is 0.0246. The number of rotatable bonds is 4. The van der Waals surface area contributed by atoms with E-state index in [2.05, 4.69) is 10.3 Å². The van der Waals surface area contributed by atoms with E-state index in [0.29, 0.717) is 25.6 Å². The topological polar surface area (TPSA) is 95.0 Å². The molecule has 0 radical (unpaired) electrons. The summed E-state index contributed by atoms with van der Waals surface area (Å²) in [5.41, 5.74) is 5.94. The maximum atomic E-state index is 14.0. The summed E-state index contributed by atoms with van der Waals surface area (Å²) >= 11 is 0. The first-order chi connectivity index (χ1) is 15.0. The highest BCUT2D eigenvalue weighted by Crippen LogP contribution is 2.41. The highest BCUT2D eigenvalue weighted by atomic mass is 19.3. The highest BCUT2D eigenvalue weighted by molar-refractivity contribution is 6.04. The van der Waals surface area contributed by atoms with E-state index < -0.39 is 47.9 Å². The summed E-state index contributed by atoms with van der Waals surface area (Å²) in [7, 11) is 0. The molecule has 1 amide bonds. The van der Waals surface area contributed by atoms with E-state index in [1.807, 2.05) is 13.0 Å². The van der Waals surface area contributed by atoms with Crippen LogP contribution in [0.3, 0.4) is 0 Å². The SMILES string of the molecule is C[C@]1(N)CCN(c2c(C(=O)NC3CC(F)(F)C3)cnc(C#N)c2-c2cc(F)cc(F)c2)C1. The first kappa shape index (κ1) is 22.0. The van der Waals surface area contributed by atoms with Crippen LogP contribution in [0.1, 0.15) is 42.2 Å². The Bertz CT molecular complexity index is 1100. The van der Waals surface area contributed by atoms with Gasteiger partial charge in [0.25, 0.3) is 11.8 Å². The van der Waals surface area contributed by atoms with Crippen LogP contribution in [0.2, 0.25) is 0 Å². The number of benzene rings is 1. The minimum Gasteiger partial charge on any atom is -0.368 e. The van der Waals surface area contributed by atoms with E-state index >= 15 is 0 Å². The molecule has 1 aliphatic carbocycles. The predicted octanol–water partition coefficient (Wildman–Crippen LogP) is 3.35. The molecule has 10 heteroatoms. The summed E-state index contributed by atoms with van der Waals surface area (Å²) in [4.78, 5) is 18.8. The van der Waals surface area contributed by atoms with Crippen LogP contribution < -0.4 is 16.0 Å². The van der Waals surface area contributed by atoms with Gasteiger partial charge in [-0.15, -0.1) is 0 Å². The zero-order chi connectivity index (χ0) is 23.3. The van der Waals surface area contributed by atoms with Crippen LogP contribution in [0.25, 0.3) is 11.1 Å². The van der Waals surface area contributed by atoms with E-state index in [0.717, 1.165) is 12.1 Å². The van der Waals surface area contributed by atoms with Gasteiger partial charge in [0, 0.05) is 55.3 Å². The van der Waals surface area contributed by atoms with E-state index in [-0.39, 0.29) is 28.1 Å². The van der Waals surface area contributed by atoms with Crippen LogP contribution >= 0.6 is 0 Å². The molecule has 2 aromatic rings. The number of carbonyl (C=O) groups is 1. The molecule has 0 bridgehead atoms. The van der Waals surface area contributed by atoms with Crippen molar-refractivity contribution < 1.29 is 22.4 Å². The summed E-state index contributed by atoms with van der Waals surface area (Å²) < 4.78 is 54.5. The molecule has 168 valence electrons. The third kappa shape index (κ3) is 4.25. The lowest BCUT2D eigenvalue weighted by molar-refractivity contribution is -0.0901. The Hall–Kier alpha value is -3.19. The van der Waals surface area contributed by atoms with Crippen molar-refractivity contribution in [3.63, 3.8) is 0 Å². The normalized spacial score (nSPS) is 22.3. The second kappa shape index (κ2) is 7.74. The number of nitrogens with two attached hydrogens (primary N) is 1. The van der Waals surface area contributed by atoms with Gasteiger partial charge in [0.05, 0.1) is 11.3 Å². The third-order valence-corrected chi connectivity index (χ3v) is 5.80. The zero-order valence-electron chi connectivity index (χ0n) is 17.3. The monoisotopic (exact) mass is 447 g/mol. The van der Waals surface area contributed by atoms with Crippen LogP contribution in [0.4, 0.5) is 23.2 Å². The number of nitrogens with one attached hydrogen (secondary N) is 1. The number of pyridine rings is 1. The van der Waals surface area contributed by atoms with Crippen LogP contribution in [-0.2, 0) is 0 Å². The van der Waals surface area contributed by atoms with Crippen molar-refractivity contribution in [2.75, 3.05) is 18.0 Å². The fourth-order valence-corrected chi connectivity index (χ4v) is 4.25. The number of carbonyl (C=O) groups excluding carboxylic acids is 1. The molecule has 0 unspecified atom stereocenters. The van der Waals surface area contributed by atoms with Gasteiger partial charge in [0.15, 0.2) is 0 Å². The zero-order valence-corrected chi connectivity index (χ0v) is 17.3. The quantitative estimate of drug-likeness (QED) is 0.701. The first-order valence-corrected chi connectivity index (χ1v) is 10.1. The van der Waals surface area contributed by atoms with Gasteiger partial charge in [0.1, 0.15) is 23.4 Å². The number of halogens is 4. The van der Waals surface area contributed by atoms with Gasteiger partial charge in [-0.1, -0.05) is 0 Å². The van der Waals surface area contributed by atoms with Gasteiger partial charge in [-0.05, 0) is 31.0 Å². The van der Waals surface area contributed by atoms with E-state index in [4.69, 9.17) is 5.73 Å². The molecule has 32 heavy (non-hydrogen) atoms. The second-order valence-electron chi connectivity index (χ2n) is 8.77. The van der Waals surface area contributed by atoms with Gasteiger partial charge in [-0.25, -0.2) is 22.5 Å². The fraction of sp³-hybridized carbons (Fsp3) is 0.409. The molecule has 1 saturated heterocycles. The smallest absolute Gasteiger partial charge is 0.255 e. The van der Waals surface area contributed by atoms with E-state index in [9.17, 15) is 27.6 Å². The molecular weight excluding hydrogens is 426 g/mol. The molecule has 2 aliphatic rings. The number of hydrogen-bond acceptors (Lipinski definition) is 5. The summed E-state index contributed by atoms with van der Waals surface area (Å²) in [5.74, 6) is -5.18. The number of anilines is 1. The minimum atomic E-state index is -2.82. The Morgan fingerprint density at radius 3 is 2.47 bits per heavy atom. The molecule has 4 rings (SSSR count). The average molecular weight is 447 g/mol. The van der Waals surface area contributed by atoms with Crippen LogP contribution in [0.15, 0.2) is 24.4 Å². The van der Waals surface area contributed by atoms with Crippen molar-refractivity contribution in [1.29, 1.82) is 5.26 Å². The standard InChI is InChI=1S/C22H21F4N5O/c1-21(28)2-3-31(11-21)19-16(20(32)30-15-7-22(25,26)8-15)10-29-17(9-27)18(19)12-4-13(23)6-14(24)5-12/h4-6,10,15H,2-3,7-8,11,28H2,1H3,(H,30,32)/t21-/m0/s1. The molecule has 1 aromatic heterocycles. The Morgan fingerprint density at radius 1 is 1.28 bits per heavy atom. The molecule has 3 N–H and O–H groups in total. The van der Waals surface area contributed by atoms with E-state index in [1.165, 1.54) is 6.20 Å². The molecule has 1 aromatic carbocycles. The number of hydrogen-bond donors (Lipinski definition) is 2. The van der Waals surface area contributed by atoms with Gasteiger partial charge in [0.2, 0.25) is 0 Å². The molecule has 1 aliphatic heterocycles. The number of nitrogens with zero attached hydrogens (tertiary/aromatic N) is 3. The van der Waals surface area contributed by atoms with Gasteiger partial charge in [-0.2, -0.15) is 5.26 Å². The lowest BCUT2D eigenvalue weighted by Gasteiger charge is -2.35. The van der Waals surface area contributed by atoms with E-state index in [1.54, 1.807) is 4.90 Å². The van der Waals surface area contributed by atoms with Crippen molar-refractivity contribution in [3.8, 4) is 17.2 Å². The third-order valence-electron chi connectivity index (χ3n) is 5.80. The van der Waals surface area contributed by atoms with Crippen LogP contribution in [0.5, 0.6) is 0 Å². The average Bonchev–Trinajstić information content (AvgIpc) is 3.04. The fourth-order valence-electron chi connectivity index (χ4n) is 4.25. The summed E-state index contributed by atoms with van der Waals surface area (Å²) in [5, 5.41) is 12.2. The molecule has 2 fully saturated rings. The van der Waals surface area contributed by atoms with Crippen molar-refractivity contribution in [3.05, 3.63) is 47.3 Å². The predicted molar refractivity (Wildman–Crippen MR) is 109 cm³/mol. The molecular formula is C22H21F4N5O. The Morgan fingerprint density at radius 2 is 1.94 bits per heavy atom. The lowest BCUT2D eigenvalue weighted by atomic mass is 9.88. The summed E-state index contributed by atoms with van der Waals surface area (Å²) in [6, 6.07) is 4.01. The Balaban J connectivity index is 1.85. The maximum Gasteiger partial charge on any atom is 0.255 e. The summed E-state index contributed by atoms with van der Waals surface area (Å²) in [6.45, 7) is 2.57. The number of aromatic nitrogens is 1. The van der Waals surface area contributed by atoms with Crippen molar-refractivity contribution in [2.45, 2.75) is 43.7 Å². The molecule has 0 spiro atoms. The number of alkyl halides is 2. The maximum absolute atomic E-state index is 14.0. The first-order valence-electron chi connectivity index (χ1n) is 10.1. The Labute approximate surface area is 182 Å². The summed E-state index contributed by atoms with van der Waals surface area (Å²) in [6.07, 6.45) is 0.824. The molecule has 6 nitrogen and oxygen atoms in total. The van der Waals surface area contributed by atoms with Gasteiger partial charge in [-0.3, -0.25) is 4.79 Å². The van der Waals surface area contributed by atoms with Crippen LogP contribution in [0, 0.1) is 23.0 Å². The van der Waals surface area contributed by atoms with Crippen molar-refractivity contribution in [2.24, 2.45) is 5.73 Å². The second-order valence-corrected chi connectivity index (χ2v) is 8.77. The Kier molecular flexibility index (Phi) is 5.33. The largest absolute Gasteiger partial charge is 0.368 e. The molecule has 1 saturated carbocycles. The van der Waals surface area contributed by atoms with Crippen molar-refractivity contribution >= 4 is 11.6 Å². The van der Waals surface area contributed by atoms with Gasteiger partial charge < -0.3 is 16.0 Å². The number of nitriles is 1. The lowest BCUT2D eigenvalue weighted by Crippen LogP contribution is -2.50. The van der Waals surface area contributed by atoms with Gasteiger partial charge >= 0.3 is 0 Å². The van der Waals surface area contributed by atoms with Crippen molar-refractivity contribution in [1.82, 2.24) is 10.3 Å². The molecule has 2 heterocycles.